The molecule has 0 aromatic heterocycles. The third kappa shape index (κ3) is 6.86. The van der Waals surface area contributed by atoms with Gasteiger partial charge < -0.3 is 10.4 Å². The van der Waals surface area contributed by atoms with E-state index in [1.54, 1.807) is 0 Å². The van der Waals surface area contributed by atoms with E-state index in [1.165, 1.54) is 24.3 Å². The molecule has 1 rings (SSSR count). The predicted octanol–water partition coefficient (Wildman–Crippen LogP) is 2.74. The van der Waals surface area contributed by atoms with Crippen LogP contribution in [-0.2, 0) is 14.6 Å². The van der Waals surface area contributed by atoms with Crippen molar-refractivity contribution in [1.29, 1.82) is 0 Å². The van der Waals surface area contributed by atoms with Gasteiger partial charge >= 0.3 is 5.97 Å². The zero-order valence-corrected chi connectivity index (χ0v) is 15.8. The molecule has 0 spiro atoms. The monoisotopic (exact) mass is 369 g/mol. The normalized spacial score (nSPS) is 12.8. The first-order valence-corrected chi connectivity index (χ1v) is 10.2. The maximum atomic E-state index is 12.1. The number of carbonyl (C=O) groups excluding carboxylic acids is 1. The van der Waals surface area contributed by atoms with E-state index in [9.17, 15) is 23.1 Å². The van der Waals surface area contributed by atoms with E-state index in [1.807, 2.05) is 20.8 Å². The summed E-state index contributed by atoms with van der Waals surface area (Å²) < 4.78 is 24.2. The van der Waals surface area contributed by atoms with Crippen molar-refractivity contribution < 1.29 is 23.1 Å². The molecule has 6 nitrogen and oxygen atoms in total. The topological polar surface area (TPSA) is 101 Å². The summed E-state index contributed by atoms with van der Waals surface area (Å²) >= 11 is 0. The van der Waals surface area contributed by atoms with Crippen molar-refractivity contribution in [3.05, 3.63) is 29.8 Å². The summed E-state index contributed by atoms with van der Waals surface area (Å²) in [5, 5.41) is 11.8. The molecule has 7 heteroatoms. The molecule has 0 saturated heterocycles. The minimum atomic E-state index is -3.32. The van der Waals surface area contributed by atoms with Gasteiger partial charge in [-0.1, -0.05) is 27.2 Å². The first-order valence-electron chi connectivity index (χ1n) is 8.51. The number of amides is 1. The number of unbranched alkanes of at least 4 members (excludes halogenated alkanes) is 1. The standard InChI is InChI=1S/C18H27NO5S/c1-4-5-10-25(23,24)16-8-6-14(7-9-16)17(20)19-12-15(18(21)22)11-13(2)3/h6-9,13,15H,4-5,10-12H2,1-3H3,(H,19,20)(H,21,22). The highest BCUT2D eigenvalue weighted by atomic mass is 32.2. The third-order valence-corrected chi connectivity index (χ3v) is 5.67. The van der Waals surface area contributed by atoms with Crippen LogP contribution in [0.1, 0.15) is 50.4 Å². The van der Waals surface area contributed by atoms with E-state index in [2.05, 4.69) is 5.32 Å². The number of carboxylic acids is 1. The molecule has 0 aliphatic carbocycles. The molecule has 1 aromatic carbocycles. The van der Waals surface area contributed by atoms with Crippen LogP contribution < -0.4 is 5.32 Å². The Morgan fingerprint density at radius 1 is 1.16 bits per heavy atom. The number of benzene rings is 1. The maximum Gasteiger partial charge on any atom is 0.308 e. The molecule has 0 radical (unpaired) electrons. The zero-order valence-electron chi connectivity index (χ0n) is 15.0. The molecule has 1 unspecified atom stereocenters. The van der Waals surface area contributed by atoms with Crippen LogP contribution in [0.3, 0.4) is 0 Å². The number of nitrogens with one attached hydrogen (secondary N) is 1. The lowest BCUT2D eigenvalue weighted by Crippen LogP contribution is -2.33. The molecule has 25 heavy (non-hydrogen) atoms. The van der Waals surface area contributed by atoms with Gasteiger partial charge in [0.25, 0.3) is 5.91 Å². The molecule has 1 amide bonds. The summed E-state index contributed by atoms with van der Waals surface area (Å²) in [5.74, 6) is -1.69. The molecular formula is C18H27NO5S. The number of carbonyl (C=O) groups is 2. The molecule has 0 aliphatic heterocycles. The van der Waals surface area contributed by atoms with Crippen molar-refractivity contribution in [2.24, 2.45) is 11.8 Å². The van der Waals surface area contributed by atoms with Crippen LogP contribution in [0.2, 0.25) is 0 Å². The van der Waals surface area contributed by atoms with E-state index < -0.39 is 27.6 Å². The quantitative estimate of drug-likeness (QED) is 0.660. The van der Waals surface area contributed by atoms with Crippen LogP contribution in [0.15, 0.2) is 29.2 Å². The Kier molecular flexibility index (Phi) is 8.09. The molecule has 0 aliphatic rings. The van der Waals surface area contributed by atoms with Gasteiger partial charge in [0.05, 0.1) is 16.6 Å². The third-order valence-electron chi connectivity index (χ3n) is 3.86. The lowest BCUT2D eigenvalue weighted by molar-refractivity contribution is -0.142. The summed E-state index contributed by atoms with van der Waals surface area (Å²) in [6.45, 7) is 5.82. The molecule has 0 bridgehead atoms. The van der Waals surface area contributed by atoms with Gasteiger partial charge in [-0.3, -0.25) is 9.59 Å². The van der Waals surface area contributed by atoms with Gasteiger partial charge in [0.15, 0.2) is 9.84 Å². The van der Waals surface area contributed by atoms with Crippen LogP contribution in [-0.4, -0.2) is 37.7 Å². The Hall–Kier alpha value is -1.89. The molecule has 0 heterocycles. The number of hydrogen-bond donors (Lipinski definition) is 2. The molecule has 0 fully saturated rings. The van der Waals surface area contributed by atoms with Crippen LogP contribution in [0.4, 0.5) is 0 Å². The fourth-order valence-corrected chi connectivity index (χ4v) is 3.88. The van der Waals surface area contributed by atoms with Gasteiger partial charge in [-0.25, -0.2) is 8.42 Å². The Labute approximate surface area is 149 Å². The highest BCUT2D eigenvalue weighted by Crippen LogP contribution is 2.15. The number of rotatable bonds is 10. The lowest BCUT2D eigenvalue weighted by Gasteiger charge is -2.15. The summed E-state index contributed by atoms with van der Waals surface area (Å²) in [6, 6.07) is 5.74. The summed E-state index contributed by atoms with van der Waals surface area (Å²) in [5.41, 5.74) is 0.308. The summed E-state index contributed by atoms with van der Waals surface area (Å²) in [6.07, 6.45) is 1.86. The fourth-order valence-electron chi connectivity index (χ4n) is 2.42. The van der Waals surface area contributed by atoms with Crippen molar-refractivity contribution in [3.8, 4) is 0 Å². The molecular weight excluding hydrogens is 342 g/mol. The highest BCUT2D eigenvalue weighted by molar-refractivity contribution is 7.91. The van der Waals surface area contributed by atoms with Crippen molar-refractivity contribution in [2.75, 3.05) is 12.3 Å². The molecule has 0 saturated carbocycles. The zero-order chi connectivity index (χ0) is 19.0. The minimum absolute atomic E-state index is 0.0445. The SMILES string of the molecule is CCCCS(=O)(=O)c1ccc(C(=O)NCC(CC(C)C)C(=O)O)cc1. The average molecular weight is 369 g/mol. The second-order valence-electron chi connectivity index (χ2n) is 6.57. The second-order valence-corrected chi connectivity index (χ2v) is 8.68. The molecule has 140 valence electrons. The van der Waals surface area contributed by atoms with E-state index in [0.29, 0.717) is 18.4 Å². The second kappa shape index (κ2) is 9.56. The molecule has 2 N–H and O–H groups in total. The Morgan fingerprint density at radius 3 is 2.24 bits per heavy atom. The van der Waals surface area contributed by atoms with Gasteiger partial charge in [-0.15, -0.1) is 0 Å². The van der Waals surface area contributed by atoms with Crippen molar-refractivity contribution in [3.63, 3.8) is 0 Å². The van der Waals surface area contributed by atoms with E-state index in [0.717, 1.165) is 6.42 Å². The van der Waals surface area contributed by atoms with Gasteiger partial charge in [-0.05, 0) is 43.0 Å². The van der Waals surface area contributed by atoms with E-state index in [4.69, 9.17) is 0 Å². The Balaban J connectivity index is 2.72. The summed E-state index contributed by atoms with van der Waals surface area (Å²) in [4.78, 5) is 23.5. The van der Waals surface area contributed by atoms with Gasteiger partial charge in [0.2, 0.25) is 0 Å². The predicted molar refractivity (Wildman–Crippen MR) is 96.3 cm³/mol. The van der Waals surface area contributed by atoms with Crippen LogP contribution in [0.5, 0.6) is 0 Å². The highest BCUT2D eigenvalue weighted by Gasteiger charge is 2.20. The summed E-state index contributed by atoms with van der Waals surface area (Å²) in [7, 11) is -3.32. The van der Waals surface area contributed by atoms with Gasteiger partial charge in [0, 0.05) is 12.1 Å². The first kappa shape index (κ1) is 21.2. The van der Waals surface area contributed by atoms with Crippen LogP contribution in [0.25, 0.3) is 0 Å². The smallest absolute Gasteiger partial charge is 0.308 e. The number of sulfone groups is 1. The van der Waals surface area contributed by atoms with E-state index >= 15 is 0 Å². The molecule has 1 aromatic rings. The average Bonchev–Trinajstić information content (AvgIpc) is 2.56. The number of carboxylic acid groups (broad SMARTS) is 1. The number of aliphatic carboxylic acids is 1. The first-order chi connectivity index (χ1) is 11.7. The maximum absolute atomic E-state index is 12.1. The van der Waals surface area contributed by atoms with E-state index in [-0.39, 0.29) is 23.1 Å². The lowest BCUT2D eigenvalue weighted by atomic mass is 9.97. The Bertz CT molecular complexity index is 680. The Morgan fingerprint density at radius 2 is 1.76 bits per heavy atom. The minimum Gasteiger partial charge on any atom is -0.481 e. The number of hydrogen-bond acceptors (Lipinski definition) is 4. The largest absolute Gasteiger partial charge is 0.481 e. The molecule has 1 atom stereocenters. The van der Waals surface area contributed by atoms with Crippen molar-refractivity contribution >= 4 is 21.7 Å². The van der Waals surface area contributed by atoms with Crippen molar-refractivity contribution in [2.45, 2.75) is 44.9 Å². The van der Waals surface area contributed by atoms with Crippen molar-refractivity contribution in [1.82, 2.24) is 5.32 Å². The van der Waals surface area contributed by atoms with Gasteiger partial charge in [-0.2, -0.15) is 0 Å². The van der Waals surface area contributed by atoms with Gasteiger partial charge in [0.1, 0.15) is 0 Å². The van der Waals surface area contributed by atoms with Crippen LogP contribution in [0, 0.1) is 11.8 Å². The fraction of sp³-hybridized carbons (Fsp3) is 0.556. The van der Waals surface area contributed by atoms with Crippen LogP contribution >= 0.6 is 0 Å².